The monoisotopic (exact) mass is 277 g/mol. The third-order valence-electron chi connectivity index (χ3n) is 2.70. The lowest BCUT2D eigenvalue weighted by atomic mass is 9.88. The average Bonchev–Trinajstić information content (AvgIpc) is 2.57. The van der Waals surface area contributed by atoms with Gasteiger partial charge in [0.25, 0.3) is 0 Å². The van der Waals surface area contributed by atoms with Crippen molar-refractivity contribution in [3.8, 4) is 11.5 Å². The minimum atomic E-state index is -0.738. The van der Waals surface area contributed by atoms with E-state index < -0.39 is 7.12 Å². The molecule has 1 heterocycles. The maximum atomic E-state index is 5.83. The number of nitrogens with zero attached hydrogens (tertiary/aromatic N) is 3. The minimum Gasteiger partial charge on any atom is -0.520 e. The van der Waals surface area contributed by atoms with Crippen LogP contribution in [0, 0.1) is 0 Å². The molecule has 6 heteroatoms. The molecule has 0 atom stereocenters. The normalized spacial score (nSPS) is 9.90. The van der Waals surface area contributed by atoms with Gasteiger partial charge in [0, 0.05) is 0 Å². The first-order chi connectivity index (χ1) is 10.4. The first-order valence-electron chi connectivity index (χ1n) is 6.47. The molecule has 0 saturated heterocycles. The van der Waals surface area contributed by atoms with Crippen LogP contribution in [-0.4, -0.2) is 22.1 Å². The van der Waals surface area contributed by atoms with E-state index in [0.717, 1.165) is 0 Å². The Kier molecular flexibility index (Phi) is 4.07. The Hall–Kier alpha value is -2.89. The molecule has 1 aromatic heterocycles. The first-order valence-corrected chi connectivity index (χ1v) is 6.47. The van der Waals surface area contributed by atoms with E-state index in [4.69, 9.17) is 9.31 Å². The summed E-state index contributed by atoms with van der Waals surface area (Å²) in [5.74, 6) is 1.36. The number of rotatable bonds is 5. The number of hydrogen-bond donors (Lipinski definition) is 0. The molecule has 0 saturated carbocycles. The standard InChI is InChI=1S/C15H12BN3O2/c1-3-7-13(8-4-1)20-16(15-18-11-17-12-19-15)21-14-9-5-2-6-10-14/h1-12H. The van der Waals surface area contributed by atoms with Gasteiger partial charge >= 0.3 is 7.12 Å². The quantitative estimate of drug-likeness (QED) is 0.665. The van der Waals surface area contributed by atoms with Crippen LogP contribution in [0.5, 0.6) is 11.5 Å². The molecule has 0 aliphatic rings. The second kappa shape index (κ2) is 6.52. The van der Waals surface area contributed by atoms with Crippen molar-refractivity contribution in [2.45, 2.75) is 0 Å². The van der Waals surface area contributed by atoms with Crippen molar-refractivity contribution in [1.29, 1.82) is 0 Å². The van der Waals surface area contributed by atoms with Gasteiger partial charge in [-0.15, -0.1) is 0 Å². The van der Waals surface area contributed by atoms with Crippen LogP contribution in [0.25, 0.3) is 0 Å². The van der Waals surface area contributed by atoms with Gasteiger partial charge in [0.05, 0.1) is 0 Å². The Balaban J connectivity index is 1.84. The molecular weight excluding hydrogens is 265 g/mol. The third-order valence-corrected chi connectivity index (χ3v) is 2.70. The van der Waals surface area contributed by atoms with Crippen LogP contribution in [0.3, 0.4) is 0 Å². The highest BCUT2D eigenvalue weighted by Gasteiger charge is 2.30. The van der Waals surface area contributed by atoms with E-state index in [2.05, 4.69) is 15.0 Å². The third kappa shape index (κ3) is 3.57. The largest absolute Gasteiger partial charge is 0.672 e. The van der Waals surface area contributed by atoms with Gasteiger partial charge in [0.15, 0.2) is 5.72 Å². The fourth-order valence-corrected chi connectivity index (χ4v) is 1.74. The van der Waals surface area contributed by atoms with Crippen LogP contribution in [-0.2, 0) is 0 Å². The molecule has 3 aromatic rings. The molecule has 5 nitrogen and oxygen atoms in total. The van der Waals surface area contributed by atoms with Gasteiger partial charge in [-0.3, -0.25) is 0 Å². The summed E-state index contributed by atoms with van der Waals surface area (Å²) in [4.78, 5) is 12.0. The molecule has 0 aliphatic carbocycles. The van der Waals surface area contributed by atoms with Gasteiger partial charge in [-0.1, -0.05) is 36.4 Å². The highest BCUT2D eigenvalue weighted by atomic mass is 16.6. The molecule has 0 unspecified atom stereocenters. The van der Waals surface area contributed by atoms with Gasteiger partial charge in [0.1, 0.15) is 24.2 Å². The fraction of sp³-hybridized carbons (Fsp3) is 0. The second-order valence-electron chi connectivity index (χ2n) is 4.19. The average molecular weight is 277 g/mol. The molecule has 0 spiro atoms. The Morgan fingerprint density at radius 1 is 0.667 bits per heavy atom. The van der Waals surface area contributed by atoms with Crippen molar-refractivity contribution in [3.05, 3.63) is 73.3 Å². The first kappa shape index (κ1) is 13.1. The lowest BCUT2D eigenvalue weighted by molar-refractivity contribution is 0.436. The summed E-state index contributed by atoms with van der Waals surface area (Å²) < 4.78 is 11.7. The number of para-hydroxylation sites is 2. The summed E-state index contributed by atoms with van der Waals surface area (Å²) in [5.41, 5.74) is 0.415. The van der Waals surface area contributed by atoms with Crippen LogP contribution < -0.4 is 15.0 Å². The van der Waals surface area contributed by atoms with Crippen molar-refractivity contribution in [2.24, 2.45) is 0 Å². The van der Waals surface area contributed by atoms with E-state index >= 15 is 0 Å². The highest BCUT2D eigenvalue weighted by molar-refractivity contribution is 6.60. The van der Waals surface area contributed by atoms with Crippen molar-refractivity contribution in [3.63, 3.8) is 0 Å². The second-order valence-corrected chi connectivity index (χ2v) is 4.19. The van der Waals surface area contributed by atoms with Crippen LogP contribution >= 0.6 is 0 Å². The maximum Gasteiger partial charge on any atom is 0.672 e. The van der Waals surface area contributed by atoms with Crippen molar-refractivity contribution < 1.29 is 9.31 Å². The predicted molar refractivity (Wildman–Crippen MR) is 79.4 cm³/mol. The van der Waals surface area contributed by atoms with E-state index in [-0.39, 0.29) is 0 Å². The molecule has 0 aliphatic heterocycles. The number of hydrogen-bond acceptors (Lipinski definition) is 5. The molecule has 2 aromatic carbocycles. The smallest absolute Gasteiger partial charge is 0.520 e. The van der Waals surface area contributed by atoms with Crippen molar-refractivity contribution in [1.82, 2.24) is 15.0 Å². The van der Waals surface area contributed by atoms with Gasteiger partial charge in [-0.25, -0.2) is 15.0 Å². The number of aromatic nitrogens is 3. The lowest BCUT2D eigenvalue weighted by Gasteiger charge is -2.15. The zero-order valence-electron chi connectivity index (χ0n) is 11.2. The summed E-state index contributed by atoms with van der Waals surface area (Å²) >= 11 is 0. The van der Waals surface area contributed by atoms with Crippen LogP contribution in [0.2, 0.25) is 0 Å². The van der Waals surface area contributed by atoms with Gasteiger partial charge < -0.3 is 9.31 Å². The molecule has 0 radical (unpaired) electrons. The van der Waals surface area contributed by atoms with Crippen LogP contribution in [0.15, 0.2) is 73.3 Å². The molecule has 0 N–H and O–H groups in total. The summed E-state index contributed by atoms with van der Waals surface area (Å²) in [6.45, 7) is 0. The molecule has 102 valence electrons. The maximum absolute atomic E-state index is 5.83. The topological polar surface area (TPSA) is 57.1 Å². The summed E-state index contributed by atoms with van der Waals surface area (Å²) in [6.07, 6.45) is 2.83. The van der Waals surface area contributed by atoms with E-state index in [9.17, 15) is 0 Å². The summed E-state index contributed by atoms with van der Waals surface area (Å²) in [6, 6.07) is 18.8. The van der Waals surface area contributed by atoms with E-state index in [1.807, 2.05) is 60.7 Å². The molecule has 0 bridgehead atoms. The van der Waals surface area contributed by atoms with Crippen molar-refractivity contribution in [2.75, 3.05) is 0 Å². The number of benzene rings is 2. The predicted octanol–water partition coefficient (Wildman–Crippen LogP) is 1.72. The summed E-state index contributed by atoms with van der Waals surface area (Å²) in [7, 11) is -0.738. The molecule has 3 rings (SSSR count). The Morgan fingerprint density at radius 3 is 1.62 bits per heavy atom. The van der Waals surface area contributed by atoms with Gasteiger partial charge in [-0.05, 0) is 24.3 Å². The van der Waals surface area contributed by atoms with E-state index in [0.29, 0.717) is 17.2 Å². The van der Waals surface area contributed by atoms with Crippen LogP contribution in [0.1, 0.15) is 0 Å². The molecule has 0 fully saturated rings. The molecular formula is C15H12BN3O2. The minimum absolute atomic E-state index is 0.415. The zero-order chi connectivity index (χ0) is 14.3. The highest BCUT2D eigenvalue weighted by Crippen LogP contribution is 2.13. The van der Waals surface area contributed by atoms with Gasteiger partial charge in [0.2, 0.25) is 0 Å². The summed E-state index contributed by atoms with van der Waals surface area (Å²) in [5, 5.41) is 0. The Labute approximate surface area is 122 Å². The zero-order valence-corrected chi connectivity index (χ0v) is 11.2. The lowest BCUT2D eigenvalue weighted by Crippen LogP contribution is -2.46. The SMILES string of the molecule is c1ccc(OB(Oc2ccccc2)c2ncncn2)cc1. The van der Waals surface area contributed by atoms with Crippen LogP contribution in [0.4, 0.5) is 0 Å². The Morgan fingerprint density at radius 2 is 1.14 bits per heavy atom. The Bertz CT molecular complexity index is 627. The molecule has 21 heavy (non-hydrogen) atoms. The van der Waals surface area contributed by atoms with Gasteiger partial charge in [-0.2, -0.15) is 0 Å². The van der Waals surface area contributed by atoms with E-state index in [1.54, 1.807) is 0 Å². The molecule has 0 amide bonds. The van der Waals surface area contributed by atoms with Crippen molar-refractivity contribution >= 4 is 12.8 Å². The fourth-order valence-electron chi connectivity index (χ4n) is 1.74. The van der Waals surface area contributed by atoms with E-state index in [1.165, 1.54) is 12.7 Å².